The van der Waals surface area contributed by atoms with Gasteiger partial charge in [0.15, 0.2) is 0 Å². The lowest BCUT2D eigenvalue weighted by molar-refractivity contribution is 0.613. The van der Waals surface area contributed by atoms with Crippen LogP contribution in [-0.4, -0.2) is 0 Å². The zero-order valence-electron chi connectivity index (χ0n) is 8.46. The number of hydrogen-bond donors (Lipinski definition) is 1. The molecule has 0 spiro atoms. The number of nitrogens with two attached hydrogens (primary N) is 1. The lowest BCUT2D eigenvalue weighted by atomic mass is 10.1. The SMILES string of the molecule is Cc1scc(Cc2ccc(N)cc2)c1F. The molecule has 0 atom stereocenters. The predicted molar refractivity (Wildman–Crippen MR) is 62.7 cm³/mol. The van der Waals surface area contributed by atoms with E-state index in [2.05, 4.69) is 0 Å². The molecule has 2 aromatic rings. The highest BCUT2D eigenvalue weighted by Gasteiger charge is 2.07. The van der Waals surface area contributed by atoms with Gasteiger partial charge in [0.1, 0.15) is 5.82 Å². The number of hydrogen-bond acceptors (Lipinski definition) is 2. The van der Waals surface area contributed by atoms with Crippen molar-refractivity contribution in [3.05, 3.63) is 51.5 Å². The first-order valence-corrected chi connectivity index (χ1v) is 5.61. The fourth-order valence-corrected chi connectivity index (χ4v) is 2.20. The maximum atomic E-state index is 13.5. The van der Waals surface area contributed by atoms with Gasteiger partial charge in [-0.2, -0.15) is 0 Å². The van der Waals surface area contributed by atoms with Gasteiger partial charge in [0, 0.05) is 22.5 Å². The number of anilines is 1. The molecule has 0 radical (unpaired) electrons. The molecule has 0 saturated heterocycles. The van der Waals surface area contributed by atoms with Crippen molar-refractivity contribution in [2.24, 2.45) is 0 Å². The molecule has 1 aromatic heterocycles. The third-order valence-corrected chi connectivity index (χ3v) is 3.28. The summed E-state index contributed by atoms with van der Waals surface area (Å²) in [6, 6.07) is 7.54. The molecule has 15 heavy (non-hydrogen) atoms. The van der Waals surface area contributed by atoms with Gasteiger partial charge in [0.2, 0.25) is 0 Å². The van der Waals surface area contributed by atoms with E-state index in [9.17, 15) is 4.39 Å². The Labute approximate surface area is 92.4 Å². The van der Waals surface area contributed by atoms with Crippen LogP contribution in [0.5, 0.6) is 0 Å². The summed E-state index contributed by atoms with van der Waals surface area (Å²) in [6.07, 6.45) is 0.635. The maximum absolute atomic E-state index is 13.5. The summed E-state index contributed by atoms with van der Waals surface area (Å²) >= 11 is 1.45. The zero-order valence-corrected chi connectivity index (χ0v) is 9.27. The number of thiophene rings is 1. The monoisotopic (exact) mass is 221 g/mol. The van der Waals surface area contributed by atoms with Crippen molar-refractivity contribution in [1.82, 2.24) is 0 Å². The van der Waals surface area contributed by atoms with Gasteiger partial charge in [-0.1, -0.05) is 12.1 Å². The molecule has 0 fully saturated rings. The van der Waals surface area contributed by atoms with Crippen LogP contribution in [0.4, 0.5) is 10.1 Å². The Balaban J connectivity index is 2.22. The lowest BCUT2D eigenvalue weighted by Crippen LogP contribution is -1.90. The first-order chi connectivity index (χ1) is 7.16. The second kappa shape index (κ2) is 4.03. The molecule has 2 rings (SSSR count). The smallest absolute Gasteiger partial charge is 0.140 e. The van der Waals surface area contributed by atoms with E-state index in [1.165, 1.54) is 11.3 Å². The van der Waals surface area contributed by atoms with Gasteiger partial charge in [-0.3, -0.25) is 0 Å². The summed E-state index contributed by atoms with van der Waals surface area (Å²) in [4.78, 5) is 0.750. The molecule has 0 bridgehead atoms. The minimum atomic E-state index is -0.0724. The Bertz CT molecular complexity index is 459. The van der Waals surface area contributed by atoms with Gasteiger partial charge < -0.3 is 5.73 Å². The predicted octanol–water partition coefficient (Wildman–Crippen LogP) is 3.37. The molecular formula is C12H12FNS. The Kier molecular flexibility index (Phi) is 2.73. The van der Waals surface area contributed by atoms with Crippen LogP contribution in [0, 0.1) is 12.7 Å². The number of halogens is 1. The normalized spacial score (nSPS) is 10.5. The second-order valence-electron chi connectivity index (χ2n) is 3.55. The van der Waals surface area contributed by atoms with Crippen molar-refractivity contribution in [2.75, 3.05) is 5.73 Å². The average molecular weight is 221 g/mol. The third-order valence-electron chi connectivity index (χ3n) is 2.34. The molecule has 0 unspecified atom stereocenters. The van der Waals surface area contributed by atoms with E-state index in [0.29, 0.717) is 6.42 Å². The molecule has 0 aliphatic carbocycles. The third kappa shape index (κ3) is 2.18. The molecule has 0 saturated carbocycles. The Hall–Kier alpha value is -1.35. The largest absolute Gasteiger partial charge is 0.399 e. The highest BCUT2D eigenvalue weighted by atomic mass is 32.1. The fourth-order valence-electron chi connectivity index (χ4n) is 1.46. The van der Waals surface area contributed by atoms with Crippen LogP contribution in [0.3, 0.4) is 0 Å². The molecule has 78 valence electrons. The molecule has 0 aliphatic rings. The van der Waals surface area contributed by atoms with Crippen molar-refractivity contribution in [1.29, 1.82) is 0 Å². The summed E-state index contributed by atoms with van der Waals surface area (Å²) in [5.41, 5.74) is 8.17. The Morgan fingerprint density at radius 2 is 1.93 bits per heavy atom. The quantitative estimate of drug-likeness (QED) is 0.773. The van der Waals surface area contributed by atoms with Crippen LogP contribution in [0.15, 0.2) is 29.6 Å². The van der Waals surface area contributed by atoms with Crippen LogP contribution >= 0.6 is 11.3 Å². The average Bonchev–Trinajstić information content (AvgIpc) is 2.53. The molecule has 2 N–H and O–H groups in total. The number of benzene rings is 1. The van der Waals surface area contributed by atoms with Gasteiger partial charge in [-0.05, 0) is 30.0 Å². The minimum absolute atomic E-state index is 0.0724. The highest BCUT2D eigenvalue weighted by Crippen LogP contribution is 2.22. The molecule has 1 nitrogen and oxygen atoms in total. The van der Waals surface area contributed by atoms with E-state index in [1.807, 2.05) is 29.6 Å². The topological polar surface area (TPSA) is 26.0 Å². The van der Waals surface area contributed by atoms with Gasteiger partial charge in [-0.15, -0.1) is 11.3 Å². The van der Waals surface area contributed by atoms with Crippen LogP contribution in [0.1, 0.15) is 16.0 Å². The number of nitrogen functional groups attached to an aromatic ring is 1. The van der Waals surface area contributed by atoms with E-state index in [0.717, 1.165) is 21.7 Å². The Morgan fingerprint density at radius 1 is 1.27 bits per heavy atom. The summed E-state index contributed by atoms with van der Waals surface area (Å²) < 4.78 is 13.5. The van der Waals surface area contributed by atoms with Gasteiger partial charge in [-0.25, -0.2) is 4.39 Å². The highest BCUT2D eigenvalue weighted by molar-refractivity contribution is 7.10. The van der Waals surface area contributed by atoms with Crippen molar-refractivity contribution < 1.29 is 4.39 Å². The van der Waals surface area contributed by atoms with E-state index < -0.39 is 0 Å². The first kappa shape index (κ1) is 10.2. The standard InChI is InChI=1S/C12H12FNS/c1-8-12(13)10(7-15-8)6-9-2-4-11(14)5-3-9/h2-5,7H,6,14H2,1H3. The van der Waals surface area contributed by atoms with Crippen molar-refractivity contribution >= 4 is 17.0 Å². The van der Waals surface area contributed by atoms with Crippen LogP contribution in [0.25, 0.3) is 0 Å². The Morgan fingerprint density at radius 3 is 2.47 bits per heavy atom. The summed E-state index contributed by atoms with van der Waals surface area (Å²) in [7, 11) is 0. The van der Waals surface area contributed by atoms with Gasteiger partial charge in [0.25, 0.3) is 0 Å². The summed E-state index contributed by atoms with van der Waals surface area (Å²) in [6.45, 7) is 1.80. The second-order valence-corrected chi connectivity index (χ2v) is 4.63. The first-order valence-electron chi connectivity index (χ1n) is 4.73. The van der Waals surface area contributed by atoms with E-state index >= 15 is 0 Å². The number of aryl methyl sites for hydroxylation is 1. The van der Waals surface area contributed by atoms with Crippen molar-refractivity contribution in [2.45, 2.75) is 13.3 Å². The van der Waals surface area contributed by atoms with Crippen LogP contribution in [0.2, 0.25) is 0 Å². The maximum Gasteiger partial charge on any atom is 0.140 e. The summed E-state index contributed by atoms with van der Waals surface area (Å²) in [5.74, 6) is -0.0724. The van der Waals surface area contributed by atoms with Crippen LogP contribution in [-0.2, 0) is 6.42 Å². The lowest BCUT2D eigenvalue weighted by Gasteiger charge is -2.00. The minimum Gasteiger partial charge on any atom is -0.399 e. The van der Waals surface area contributed by atoms with Crippen LogP contribution < -0.4 is 5.73 Å². The van der Waals surface area contributed by atoms with Gasteiger partial charge >= 0.3 is 0 Å². The molecule has 1 aromatic carbocycles. The van der Waals surface area contributed by atoms with E-state index in [-0.39, 0.29) is 5.82 Å². The molecule has 1 heterocycles. The molecule has 0 aliphatic heterocycles. The fraction of sp³-hybridized carbons (Fsp3) is 0.167. The summed E-state index contributed by atoms with van der Waals surface area (Å²) in [5, 5.41) is 1.88. The molecule has 3 heteroatoms. The number of rotatable bonds is 2. The van der Waals surface area contributed by atoms with E-state index in [1.54, 1.807) is 6.92 Å². The van der Waals surface area contributed by atoms with E-state index in [4.69, 9.17) is 5.73 Å². The zero-order chi connectivity index (χ0) is 10.8. The van der Waals surface area contributed by atoms with Crippen molar-refractivity contribution in [3.63, 3.8) is 0 Å². The van der Waals surface area contributed by atoms with Crippen molar-refractivity contribution in [3.8, 4) is 0 Å². The molecular weight excluding hydrogens is 209 g/mol. The van der Waals surface area contributed by atoms with Gasteiger partial charge in [0.05, 0.1) is 0 Å². The molecule has 0 amide bonds.